The maximum atomic E-state index is 12.1. The van der Waals surface area contributed by atoms with Gasteiger partial charge in [0.25, 0.3) is 5.91 Å². The van der Waals surface area contributed by atoms with Gasteiger partial charge < -0.3 is 5.32 Å². The summed E-state index contributed by atoms with van der Waals surface area (Å²) < 4.78 is 0. The standard InChI is InChI=1S/C18H12N2O/c21-18-15(14-5-1-2-6-17(14)20-18)11-12-7-8-16-13(10-12)4-3-9-19-16/h1-11H,(H,20,21)/b15-11-. The van der Waals surface area contributed by atoms with Crippen molar-refractivity contribution in [3.63, 3.8) is 0 Å². The van der Waals surface area contributed by atoms with E-state index in [1.807, 2.05) is 60.7 Å². The van der Waals surface area contributed by atoms with Gasteiger partial charge in [-0.05, 0) is 35.9 Å². The molecule has 0 bridgehead atoms. The minimum atomic E-state index is -0.0533. The van der Waals surface area contributed by atoms with Crippen LogP contribution in [0.3, 0.4) is 0 Å². The Hall–Kier alpha value is -2.94. The van der Waals surface area contributed by atoms with Crippen molar-refractivity contribution in [2.45, 2.75) is 0 Å². The molecule has 1 amide bonds. The molecule has 4 rings (SSSR count). The number of fused-ring (bicyclic) bond motifs is 2. The smallest absolute Gasteiger partial charge is 0.256 e. The summed E-state index contributed by atoms with van der Waals surface area (Å²) in [4.78, 5) is 16.4. The first-order chi connectivity index (χ1) is 10.3. The number of nitrogens with zero attached hydrogens (tertiary/aromatic N) is 1. The number of carbonyl (C=O) groups excluding carboxylic acids is 1. The Kier molecular flexibility index (Phi) is 2.57. The molecule has 1 N–H and O–H groups in total. The molecular weight excluding hydrogens is 260 g/mol. The zero-order valence-electron chi connectivity index (χ0n) is 11.2. The number of para-hydroxylation sites is 1. The molecule has 0 saturated carbocycles. The highest BCUT2D eigenvalue weighted by Gasteiger charge is 2.23. The first-order valence-corrected chi connectivity index (χ1v) is 6.78. The van der Waals surface area contributed by atoms with Gasteiger partial charge in [0, 0.05) is 28.4 Å². The fourth-order valence-electron chi connectivity index (χ4n) is 2.63. The Morgan fingerprint density at radius 2 is 1.90 bits per heavy atom. The van der Waals surface area contributed by atoms with E-state index >= 15 is 0 Å². The van der Waals surface area contributed by atoms with E-state index in [0.717, 1.165) is 27.7 Å². The van der Waals surface area contributed by atoms with E-state index in [0.29, 0.717) is 5.57 Å². The van der Waals surface area contributed by atoms with Crippen molar-refractivity contribution < 1.29 is 4.79 Å². The molecule has 3 heteroatoms. The Balaban J connectivity index is 1.84. The molecule has 1 aromatic heterocycles. The van der Waals surface area contributed by atoms with Crippen LogP contribution in [0.25, 0.3) is 22.6 Å². The van der Waals surface area contributed by atoms with Crippen molar-refractivity contribution in [2.75, 3.05) is 5.32 Å². The van der Waals surface area contributed by atoms with Gasteiger partial charge in [0.1, 0.15) is 0 Å². The highest BCUT2D eigenvalue weighted by molar-refractivity contribution is 6.34. The zero-order chi connectivity index (χ0) is 14.2. The Morgan fingerprint density at radius 1 is 1.00 bits per heavy atom. The monoisotopic (exact) mass is 272 g/mol. The van der Waals surface area contributed by atoms with Gasteiger partial charge in [0.2, 0.25) is 0 Å². The van der Waals surface area contributed by atoms with Gasteiger partial charge in [-0.2, -0.15) is 0 Å². The fraction of sp³-hybridized carbons (Fsp3) is 0. The molecule has 0 fully saturated rings. The molecule has 2 aromatic carbocycles. The molecule has 0 aliphatic carbocycles. The van der Waals surface area contributed by atoms with Crippen LogP contribution < -0.4 is 5.32 Å². The second kappa shape index (κ2) is 4.56. The third-order valence-corrected chi connectivity index (χ3v) is 3.65. The average molecular weight is 272 g/mol. The highest BCUT2D eigenvalue weighted by atomic mass is 16.2. The van der Waals surface area contributed by atoms with Gasteiger partial charge in [-0.3, -0.25) is 9.78 Å². The number of anilines is 1. The molecule has 21 heavy (non-hydrogen) atoms. The first-order valence-electron chi connectivity index (χ1n) is 6.78. The first kappa shape index (κ1) is 11.9. The summed E-state index contributed by atoms with van der Waals surface area (Å²) >= 11 is 0. The van der Waals surface area contributed by atoms with E-state index in [1.54, 1.807) is 6.20 Å². The van der Waals surface area contributed by atoms with Crippen LogP contribution in [0.1, 0.15) is 11.1 Å². The van der Waals surface area contributed by atoms with Crippen molar-refractivity contribution in [3.8, 4) is 0 Å². The van der Waals surface area contributed by atoms with E-state index in [-0.39, 0.29) is 5.91 Å². The third kappa shape index (κ3) is 1.99. The largest absolute Gasteiger partial charge is 0.321 e. The molecule has 1 aliphatic heterocycles. The molecule has 3 aromatic rings. The number of pyridine rings is 1. The van der Waals surface area contributed by atoms with Crippen LogP contribution in [0.2, 0.25) is 0 Å². The fourth-order valence-corrected chi connectivity index (χ4v) is 2.63. The van der Waals surface area contributed by atoms with Gasteiger partial charge in [0.15, 0.2) is 0 Å². The summed E-state index contributed by atoms with van der Waals surface area (Å²) in [5.74, 6) is -0.0533. The van der Waals surface area contributed by atoms with E-state index in [1.165, 1.54) is 0 Å². The zero-order valence-corrected chi connectivity index (χ0v) is 11.2. The van der Waals surface area contributed by atoms with Crippen LogP contribution in [0.15, 0.2) is 60.8 Å². The number of hydrogen-bond donors (Lipinski definition) is 1. The Labute approximate surface area is 122 Å². The lowest BCUT2D eigenvalue weighted by molar-refractivity contribution is -0.110. The SMILES string of the molecule is O=C1Nc2ccccc2/C1=C/c1ccc2ncccc2c1. The quantitative estimate of drug-likeness (QED) is 0.686. The average Bonchev–Trinajstić information content (AvgIpc) is 2.83. The third-order valence-electron chi connectivity index (χ3n) is 3.65. The number of hydrogen-bond acceptors (Lipinski definition) is 2. The van der Waals surface area contributed by atoms with E-state index in [2.05, 4.69) is 10.3 Å². The Morgan fingerprint density at radius 3 is 2.86 bits per heavy atom. The second-order valence-electron chi connectivity index (χ2n) is 5.01. The van der Waals surface area contributed by atoms with Crippen LogP contribution >= 0.6 is 0 Å². The lowest BCUT2D eigenvalue weighted by Crippen LogP contribution is -2.03. The van der Waals surface area contributed by atoms with Crippen LogP contribution in [0.4, 0.5) is 5.69 Å². The number of amides is 1. The normalized spacial score (nSPS) is 15.2. The number of aromatic nitrogens is 1. The van der Waals surface area contributed by atoms with Crippen molar-refractivity contribution in [3.05, 3.63) is 71.9 Å². The maximum absolute atomic E-state index is 12.1. The van der Waals surface area contributed by atoms with Crippen LogP contribution in [-0.2, 0) is 4.79 Å². The molecule has 100 valence electrons. The van der Waals surface area contributed by atoms with E-state index in [9.17, 15) is 4.79 Å². The predicted octanol–water partition coefficient (Wildman–Crippen LogP) is 3.73. The molecule has 1 aliphatic rings. The molecule has 0 unspecified atom stereocenters. The predicted molar refractivity (Wildman–Crippen MR) is 84.7 cm³/mol. The molecule has 0 radical (unpaired) electrons. The highest BCUT2D eigenvalue weighted by Crippen LogP contribution is 2.32. The summed E-state index contributed by atoms with van der Waals surface area (Å²) in [5.41, 5.74) is 4.48. The molecule has 0 saturated heterocycles. The molecule has 0 spiro atoms. The molecule has 0 atom stereocenters. The molecule has 3 nitrogen and oxygen atoms in total. The van der Waals surface area contributed by atoms with Gasteiger partial charge >= 0.3 is 0 Å². The van der Waals surface area contributed by atoms with Crippen molar-refractivity contribution in [1.82, 2.24) is 4.98 Å². The lowest BCUT2D eigenvalue weighted by Gasteiger charge is -2.01. The minimum Gasteiger partial charge on any atom is -0.321 e. The Bertz CT molecular complexity index is 896. The minimum absolute atomic E-state index is 0.0533. The number of rotatable bonds is 1. The maximum Gasteiger partial charge on any atom is 0.256 e. The van der Waals surface area contributed by atoms with E-state index < -0.39 is 0 Å². The van der Waals surface area contributed by atoms with Gasteiger partial charge in [-0.15, -0.1) is 0 Å². The van der Waals surface area contributed by atoms with E-state index in [4.69, 9.17) is 0 Å². The van der Waals surface area contributed by atoms with Gasteiger partial charge in [-0.1, -0.05) is 30.3 Å². The number of benzene rings is 2. The van der Waals surface area contributed by atoms with Crippen molar-refractivity contribution in [1.29, 1.82) is 0 Å². The second-order valence-corrected chi connectivity index (χ2v) is 5.01. The number of nitrogens with one attached hydrogen (secondary N) is 1. The van der Waals surface area contributed by atoms with Crippen molar-refractivity contribution >= 4 is 34.1 Å². The van der Waals surface area contributed by atoms with Crippen molar-refractivity contribution in [2.24, 2.45) is 0 Å². The van der Waals surface area contributed by atoms with Gasteiger partial charge in [0.05, 0.1) is 5.52 Å². The summed E-state index contributed by atoms with van der Waals surface area (Å²) in [6.45, 7) is 0. The summed E-state index contributed by atoms with van der Waals surface area (Å²) in [6.07, 6.45) is 3.70. The van der Waals surface area contributed by atoms with Crippen LogP contribution in [0, 0.1) is 0 Å². The summed E-state index contributed by atoms with van der Waals surface area (Å²) in [6, 6.07) is 17.7. The van der Waals surface area contributed by atoms with Crippen LogP contribution in [0.5, 0.6) is 0 Å². The van der Waals surface area contributed by atoms with Gasteiger partial charge in [-0.25, -0.2) is 0 Å². The topological polar surface area (TPSA) is 42.0 Å². The summed E-state index contributed by atoms with van der Waals surface area (Å²) in [5, 5.41) is 3.95. The summed E-state index contributed by atoms with van der Waals surface area (Å²) in [7, 11) is 0. The van der Waals surface area contributed by atoms with Crippen LogP contribution in [-0.4, -0.2) is 10.9 Å². The molecule has 2 heterocycles. The lowest BCUT2D eigenvalue weighted by atomic mass is 10.0. The number of carbonyl (C=O) groups is 1. The molecular formula is C18H12N2O.